The van der Waals surface area contributed by atoms with Crippen LogP contribution in [0, 0.1) is 10.1 Å². The van der Waals surface area contributed by atoms with E-state index in [1.54, 1.807) is 18.2 Å². The molecule has 0 aliphatic carbocycles. The van der Waals surface area contributed by atoms with Crippen molar-refractivity contribution in [2.24, 2.45) is 0 Å². The van der Waals surface area contributed by atoms with E-state index in [0.29, 0.717) is 11.4 Å². The van der Waals surface area contributed by atoms with Crippen molar-refractivity contribution < 1.29 is 13.3 Å². The number of pyridine rings is 1. The van der Waals surface area contributed by atoms with Crippen molar-refractivity contribution in [1.82, 2.24) is 9.71 Å². The van der Waals surface area contributed by atoms with E-state index < -0.39 is 14.9 Å². The molecule has 0 saturated carbocycles. The Kier molecular flexibility index (Phi) is 4.68. The minimum atomic E-state index is -3.53. The van der Waals surface area contributed by atoms with E-state index >= 15 is 0 Å². The van der Waals surface area contributed by atoms with E-state index in [4.69, 9.17) is 0 Å². The number of nitrogens with zero attached hydrogens (tertiary/aromatic N) is 2. The van der Waals surface area contributed by atoms with Crippen LogP contribution in [0.3, 0.4) is 0 Å². The quantitative estimate of drug-likeness (QED) is 0.615. The second-order valence-corrected chi connectivity index (χ2v) is 6.21. The maximum absolute atomic E-state index is 11.6. The SMILES string of the molecule is CNS(=O)(=O)c1ccc(NCc2ccccc2[N+](=O)[O-])nc1. The lowest BCUT2D eigenvalue weighted by atomic mass is 10.2. The van der Waals surface area contributed by atoms with Gasteiger partial charge in [-0.2, -0.15) is 0 Å². The summed E-state index contributed by atoms with van der Waals surface area (Å²) >= 11 is 0. The second kappa shape index (κ2) is 6.50. The largest absolute Gasteiger partial charge is 0.366 e. The molecule has 2 rings (SSSR count). The van der Waals surface area contributed by atoms with Gasteiger partial charge in [0.25, 0.3) is 5.69 Å². The number of hydrogen-bond donors (Lipinski definition) is 2. The summed E-state index contributed by atoms with van der Waals surface area (Å²) < 4.78 is 25.3. The molecule has 1 aromatic carbocycles. The molecule has 0 radical (unpaired) electrons. The monoisotopic (exact) mass is 322 g/mol. The third-order valence-corrected chi connectivity index (χ3v) is 4.36. The molecular formula is C13H14N4O4S. The van der Waals surface area contributed by atoms with E-state index in [1.165, 1.54) is 31.4 Å². The Morgan fingerprint density at radius 1 is 1.23 bits per heavy atom. The summed E-state index contributed by atoms with van der Waals surface area (Å²) in [6, 6.07) is 9.27. The van der Waals surface area contributed by atoms with Gasteiger partial charge in [-0.15, -0.1) is 0 Å². The molecule has 0 aliphatic heterocycles. The third kappa shape index (κ3) is 3.57. The molecule has 1 heterocycles. The number of hydrogen-bond acceptors (Lipinski definition) is 6. The van der Waals surface area contributed by atoms with Crippen molar-refractivity contribution in [3.63, 3.8) is 0 Å². The lowest BCUT2D eigenvalue weighted by Crippen LogP contribution is -2.18. The van der Waals surface area contributed by atoms with E-state index in [-0.39, 0.29) is 17.1 Å². The van der Waals surface area contributed by atoms with Gasteiger partial charge in [-0.1, -0.05) is 18.2 Å². The summed E-state index contributed by atoms with van der Waals surface area (Å²) in [6.45, 7) is 0.211. The predicted octanol–water partition coefficient (Wildman–Crippen LogP) is 1.51. The lowest BCUT2D eigenvalue weighted by molar-refractivity contribution is -0.385. The fourth-order valence-corrected chi connectivity index (χ4v) is 2.46. The van der Waals surface area contributed by atoms with Crippen molar-refractivity contribution in [1.29, 1.82) is 0 Å². The highest BCUT2D eigenvalue weighted by Crippen LogP contribution is 2.19. The van der Waals surface area contributed by atoms with Gasteiger partial charge in [0, 0.05) is 24.4 Å². The number of anilines is 1. The molecule has 0 fully saturated rings. The van der Waals surface area contributed by atoms with Gasteiger partial charge in [-0.3, -0.25) is 10.1 Å². The molecule has 0 aliphatic rings. The molecule has 1 aromatic heterocycles. The molecule has 0 atom stereocenters. The number of nitro groups is 1. The zero-order valence-corrected chi connectivity index (χ0v) is 12.5. The Hall–Kier alpha value is -2.52. The molecule has 0 amide bonds. The van der Waals surface area contributed by atoms with Gasteiger partial charge in [-0.05, 0) is 19.2 Å². The number of nitro benzene ring substituents is 1. The van der Waals surface area contributed by atoms with Gasteiger partial charge in [0.15, 0.2) is 0 Å². The van der Waals surface area contributed by atoms with Crippen LogP contribution >= 0.6 is 0 Å². The highest BCUT2D eigenvalue weighted by molar-refractivity contribution is 7.89. The summed E-state index contributed by atoms with van der Waals surface area (Å²) in [5.74, 6) is 0.424. The first-order valence-corrected chi connectivity index (χ1v) is 7.78. The van der Waals surface area contributed by atoms with Crippen LogP contribution in [0.1, 0.15) is 5.56 Å². The smallest absolute Gasteiger partial charge is 0.274 e. The molecule has 2 aromatic rings. The minimum Gasteiger partial charge on any atom is -0.366 e. The maximum atomic E-state index is 11.6. The topological polar surface area (TPSA) is 114 Å². The van der Waals surface area contributed by atoms with Crippen LogP contribution in [-0.4, -0.2) is 25.4 Å². The van der Waals surface area contributed by atoms with Crippen molar-refractivity contribution in [3.8, 4) is 0 Å². The number of benzene rings is 1. The molecule has 2 N–H and O–H groups in total. The first-order valence-electron chi connectivity index (χ1n) is 6.30. The van der Waals surface area contributed by atoms with Gasteiger partial charge in [0.2, 0.25) is 10.0 Å². The van der Waals surface area contributed by atoms with E-state index in [9.17, 15) is 18.5 Å². The first kappa shape index (κ1) is 15.9. The van der Waals surface area contributed by atoms with E-state index in [1.807, 2.05) is 0 Å². The predicted molar refractivity (Wildman–Crippen MR) is 80.9 cm³/mol. The normalized spacial score (nSPS) is 11.1. The van der Waals surface area contributed by atoms with Crippen molar-refractivity contribution in [2.45, 2.75) is 11.4 Å². The van der Waals surface area contributed by atoms with Gasteiger partial charge in [0.05, 0.1) is 4.92 Å². The molecule has 0 bridgehead atoms. The highest BCUT2D eigenvalue weighted by atomic mass is 32.2. The van der Waals surface area contributed by atoms with Gasteiger partial charge < -0.3 is 5.32 Å². The number of sulfonamides is 1. The highest BCUT2D eigenvalue weighted by Gasteiger charge is 2.13. The minimum absolute atomic E-state index is 0.0179. The van der Waals surface area contributed by atoms with Crippen LogP contribution < -0.4 is 10.0 Å². The summed E-state index contributed by atoms with van der Waals surface area (Å²) in [7, 11) is -2.21. The van der Waals surface area contributed by atoms with Crippen molar-refractivity contribution >= 4 is 21.5 Å². The summed E-state index contributed by atoms with van der Waals surface area (Å²) in [4.78, 5) is 14.5. The number of para-hydroxylation sites is 1. The summed E-state index contributed by atoms with van der Waals surface area (Å²) in [6.07, 6.45) is 1.22. The van der Waals surface area contributed by atoms with Crippen LogP contribution in [0.15, 0.2) is 47.5 Å². The van der Waals surface area contributed by atoms with Gasteiger partial charge in [-0.25, -0.2) is 18.1 Å². The Morgan fingerprint density at radius 3 is 2.55 bits per heavy atom. The average molecular weight is 322 g/mol. The maximum Gasteiger partial charge on any atom is 0.274 e. The summed E-state index contributed by atoms with van der Waals surface area (Å²) in [5, 5.41) is 13.8. The van der Waals surface area contributed by atoms with Crippen LogP contribution in [0.4, 0.5) is 11.5 Å². The average Bonchev–Trinajstić information content (AvgIpc) is 2.53. The molecule has 0 spiro atoms. The lowest BCUT2D eigenvalue weighted by Gasteiger charge is -2.07. The van der Waals surface area contributed by atoms with Gasteiger partial charge in [0.1, 0.15) is 10.7 Å². The Bertz CT molecular complexity index is 775. The third-order valence-electron chi connectivity index (χ3n) is 2.96. The first-order chi connectivity index (χ1) is 10.4. The Labute approximate surface area is 127 Å². The zero-order valence-electron chi connectivity index (χ0n) is 11.7. The second-order valence-electron chi connectivity index (χ2n) is 4.33. The Morgan fingerprint density at radius 2 is 1.95 bits per heavy atom. The van der Waals surface area contributed by atoms with Gasteiger partial charge >= 0.3 is 0 Å². The van der Waals surface area contributed by atoms with E-state index in [2.05, 4.69) is 15.0 Å². The number of rotatable bonds is 6. The van der Waals surface area contributed by atoms with Crippen molar-refractivity contribution in [3.05, 3.63) is 58.3 Å². The Balaban J connectivity index is 2.12. The number of nitrogens with one attached hydrogen (secondary N) is 2. The van der Waals surface area contributed by atoms with Crippen LogP contribution in [0.2, 0.25) is 0 Å². The fourth-order valence-electron chi connectivity index (χ4n) is 1.79. The van der Waals surface area contributed by atoms with Crippen molar-refractivity contribution in [2.75, 3.05) is 12.4 Å². The van der Waals surface area contributed by atoms with Crippen LogP contribution in [-0.2, 0) is 16.6 Å². The molecule has 116 valence electrons. The number of aromatic nitrogens is 1. The molecule has 22 heavy (non-hydrogen) atoms. The van der Waals surface area contributed by atoms with Crippen LogP contribution in [0.25, 0.3) is 0 Å². The van der Waals surface area contributed by atoms with E-state index in [0.717, 1.165) is 0 Å². The standard InChI is InChI=1S/C13H14N4O4S/c1-14-22(20,21)11-6-7-13(16-9-11)15-8-10-4-2-3-5-12(10)17(18)19/h2-7,9,14H,8H2,1H3,(H,15,16). The molecule has 0 unspecified atom stereocenters. The molecule has 8 nitrogen and oxygen atoms in total. The zero-order chi connectivity index (χ0) is 16.2. The molecular weight excluding hydrogens is 308 g/mol. The molecule has 9 heteroatoms. The summed E-state index contributed by atoms with van der Waals surface area (Å²) in [5.41, 5.74) is 0.533. The fraction of sp³-hybridized carbons (Fsp3) is 0.154. The molecule has 0 saturated heterocycles. The van der Waals surface area contributed by atoms with Crippen LogP contribution in [0.5, 0.6) is 0 Å².